The molecule has 0 bridgehead atoms. The Kier molecular flexibility index (Phi) is 4.24. The number of rotatable bonds is 0. The molecule has 0 saturated carbocycles. The second kappa shape index (κ2) is 6.16. The predicted molar refractivity (Wildman–Crippen MR) is 69.1 cm³/mol. The third-order valence-electron chi connectivity index (χ3n) is 2.09. The van der Waals surface area contributed by atoms with Gasteiger partial charge in [-0.3, -0.25) is 0 Å². The fourth-order valence-corrected chi connectivity index (χ4v) is 2.08. The maximum absolute atomic E-state index is 4.86. The van der Waals surface area contributed by atoms with Crippen molar-refractivity contribution in [2.45, 2.75) is 0 Å². The summed E-state index contributed by atoms with van der Waals surface area (Å²) in [4.78, 5) is 2.02. The smallest absolute Gasteiger partial charge is 0.0184 e. The van der Waals surface area contributed by atoms with Crippen LogP contribution < -0.4 is 0 Å². The number of hydrogen-bond donors (Lipinski definition) is 0. The fraction of sp³-hybridized carbons (Fsp3) is 0. The van der Waals surface area contributed by atoms with Crippen molar-refractivity contribution in [2.24, 2.45) is 0 Å². The molecule has 3 rings (SSSR count). The van der Waals surface area contributed by atoms with Crippen molar-refractivity contribution in [1.82, 2.24) is 0 Å². The Hall–Kier alpha value is -1.50. The molecule has 1 aliphatic heterocycles. The van der Waals surface area contributed by atoms with E-state index < -0.39 is 0 Å². The van der Waals surface area contributed by atoms with Crippen LogP contribution in [0.1, 0.15) is 0 Å². The van der Waals surface area contributed by atoms with E-state index in [-0.39, 0.29) is 15.3 Å². The molecule has 0 aliphatic carbocycles. The quantitative estimate of drug-likeness (QED) is 0.669. The minimum absolute atomic E-state index is 0.286. The zero-order valence-corrected chi connectivity index (χ0v) is 10.5. The number of allylic oxidation sites excluding steroid dienone is 2. The van der Waals surface area contributed by atoms with Gasteiger partial charge in [-0.2, -0.15) is 0 Å². The molecule has 2 aromatic carbocycles. The summed E-state index contributed by atoms with van der Waals surface area (Å²) in [6.07, 6.45) is 5.58. The van der Waals surface area contributed by atoms with Crippen LogP contribution in [0.2, 0.25) is 0 Å². The van der Waals surface area contributed by atoms with Crippen LogP contribution in [0.5, 0.6) is 0 Å². The van der Waals surface area contributed by atoms with E-state index in [2.05, 4.69) is 48.5 Å². The first-order chi connectivity index (χ1) is 7.97. The van der Waals surface area contributed by atoms with Gasteiger partial charge in [0, 0.05) is 0 Å². The Balaban J connectivity index is 0.000000138. The van der Waals surface area contributed by atoms with E-state index in [0.717, 1.165) is 0 Å². The van der Waals surface area contributed by atoms with Gasteiger partial charge in [0.1, 0.15) is 0 Å². The number of hydrogen-bond acceptors (Lipinski definition) is 1. The molecule has 0 atom stereocenters. The molecule has 2 heteroatoms. The minimum Gasteiger partial charge on any atom is -0.0616 e. The Morgan fingerprint density at radius 2 is 1.31 bits per heavy atom. The molecule has 0 aromatic heterocycles. The largest absolute Gasteiger partial charge is 0.0616 e. The fourth-order valence-electron chi connectivity index (χ4n) is 1.35. The van der Waals surface area contributed by atoms with Crippen LogP contribution in [0.3, 0.4) is 0 Å². The van der Waals surface area contributed by atoms with Crippen LogP contribution in [0.4, 0.5) is 0 Å². The van der Waals surface area contributed by atoms with Crippen molar-refractivity contribution in [3.63, 3.8) is 0 Å². The monoisotopic (exact) mass is 276 g/mol. The van der Waals surface area contributed by atoms with Gasteiger partial charge in [-0.15, -0.1) is 0 Å². The van der Waals surface area contributed by atoms with E-state index in [1.165, 1.54) is 10.8 Å². The van der Waals surface area contributed by atoms with Crippen LogP contribution in [-0.4, -0.2) is 15.3 Å². The summed E-state index contributed by atoms with van der Waals surface area (Å²) >= 11 is 0.286. The van der Waals surface area contributed by atoms with Crippen molar-refractivity contribution in [3.05, 3.63) is 71.9 Å². The second-order valence-electron chi connectivity index (χ2n) is 3.20. The topological polar surface area (TPSA) is 9.23 Å². The van der Waals surface area contributed by atoms with E-state index >= 15 is 0 Å². The van der Waals surface area contributed by atoms with Crippen LogP contribution in [0.15, 0.2) is 71.9 Å². The molecule has 0 saturated heterocycles. The second-order valence-corrected chi connectivity index (χ2v) is 4.58. The molecule has 1 nitrogen and oxygen atoms in total. The Bertz CT molecular complexity index is 425. The molecule has 0 N–H and O–H groups in total. The summed E-state index contributed by atoms with van der Waals surface area (Å²) in [6.45, 7) is 0. The normalized spacial score (nSPS) is 12.8. The molecule has 2 aromatic rings. The molecule has 0 fully saturated rings. The zero-order valence-electron chi connectivity index (χ0n) is 8.74. The van der Waals surface area contributed by atoms with Gasteiger partial charge < -0.3 is 0 Å². The minimum atomic E-state index is 0.286. The maximum Gasteiger partial charge on any atom is -0.0184 e. The third kappa shape index (κ3) is 3.27. The van der Waals surface area contributed by atoms with Crippen molar-refractivity contribution in [1.29, 1.82) is 0 Å². The SMILES string of the molecule is C1=CO[Se]C=C1.c1ccc2ccccc2c1. The van der Waals surface area contributed by atoms with Crippen LogP contribution in [-0.2, 0) is 3.82 Å². The van der Waals surface area contributed by atoms with Gasteiger partial charge in [-0.05, 0) is 10.8 Å². The molecule has 1 heterocycles. The summed E-state index contributed by atoms with van der Waals surface area (Å²) in [6, 6.07) is 16.7. The molecule has 0 amide bonds. The predicted octanol–water partition coefficient (Wildman–Crippen LogP) is 3.50. The van der Waals surface area contributed by atoms with E-state index in [4.69, 9.17) is 3.82 Å². The van der Waals surface area contributed by atoms with Crippen molar-refractivity contribution in [2.75, 3.05) is 0 Å². The molecule has 16 heavy (non-hydrogen) atoms. The van der Waals surface area contributed by atoms with E-state index in [0.29, 0.717) is 0 Å². The summed E-state index contributed by atoms with van der Waals surface area (Å²) < 4.78 is 4.86. The summed E-state index contributed by atoms with van der Waals surface area (Å²) in [5.41, 5.74) is 0. The van der Waals surface area contributed by atoms with Crippen molar-refractivity contribution < 1.29 is 3.82 Å². The molecule has 1 aliphatic rings. The van der Waals surface area contributed by atoms with Crippen molar-refractivity contribution in [3.8, 4) is 0 Å². The van der Waals surface area contributed by atoms with E-state index in [1.807, 2.05) is 17.1 Å². The van der Waals surface area contributed by atoms with Gasteiger partial charge in [0.05, 0.1) is 0 Å². The van der Waals surface area contributed by atoms with Gasteiger partial charge in [0.25, 0.3) is 0 Å². The molecule has 0 radical (unpaired) electrons. The summed E-state index contributed by atoms with van der Waals surface area (Å²) in [5, 5.41) is 2.62. The molecule has 0 spiro atoms. The standard InChI is InChI=1S/C10H8.C4H4OSe/c1-2-6-10-8-4-3-7-9(10)5-1;1-2-4-6-5-3-1/h1-8H;1-4H. The molecular weight excluding hydrogens is 263 g/mol. The number of fused-ring (bicyclic) bond motifs is 1. The third-order valence-corrected chi connectivity index (χ3v) is 3.12. The average Bonchev–Trinajstić information content (AvgIpc) is 2.42. The van der Waals surface area contributed by atoms with E-state index in [1.54, 1.807) is 6.26 Å². The first-order valence-corrected chi connectivity index (χ1v) is 6.73. The maximum atomic E-state index is 4.86. The first-order valence-electron chi connectivity index (χ1n) is 5.04. The van der Waals surface area contributed by atoms with Gasteiger partial charge in [-0.1, -0.05) is 48.5 Å². The van der Waals surface area contributed by atoms with Gasteiger partial charge in [-0.25, -0.2) is 0 Å². The van der Waals surface area contributed by atoms with Crippen LogP contribution >= 0.6 is 0 Å². The first kappa shape index (κ1) is 11.0. The Morgan fingerprint density at radius 3 is 1.56 bits per heavy atom. The number of benzene rings is 2. The average molecular weight is 275 g/mol. The van der Waals surface area contributed by atoms with Crippen molar-refractivity contribution >= 4 is 26.1 Å². The Morgan fingerprint density at radius 1 is 0.750 bits per heavy atom. The van der Waals surface area contributed by atoms with Crippen LogP contribution in [0, 0.1) is 0 Å². The molecule has 80 valence electrons. The van der Waals surface area contributed by atoms with Gasteiger partial charge in [0.15, 0.2) is 0 Å². The van der Waals surface area contributed by atoms with Gasteiger partial charge in [0.2, 0.25) is 0 Å². The zero-order chi connectivity index (χ0) is 11.1. The van der Waals surface area contributed by atoms with Gasteiger partial charge >= 0.3 is 42.5 Å². The Labute approximate surface area is 102 Å². The van der Waals surface area contributed by atoms with E-state index in [9.17, 15) is 0 Å². The molecular formula is C14H12OSe. The van der Waals surface area contributed by atoms with Crippen LogP contribution in [0.25, 0.3) is 10.8 Å². The summed E-state index contributed by atoms with van der Waals surface area (Å²) in [7, 11) is 0. The summed E-state index contributed by atoms with van der Waals surface area (Å²) in [5.74, 6) is 0. The molecule has 0 unspecified atom stereocenters.